The number of nitrogen functional groups attached to an aromatic ring is 1. The van der Waals surface area contributed by atoms with Gasteiger partial charge in [-0.05, 0) is 31.5 Å². The van der Waals surface area contributed by atoms with E-state index in [4.69, 9.17) is 11.5 Å². The number of nitrogens with zero attached hydrogens (tertiary/aromatic N) is 3. The Kier molecular flexibility index (Phi) is 5.79. The lowest BCUT2D eigenvalue weighted by Gasteiger charge is -2.30. The van der Waals surface area contributed by atoms with Crippen molar-refractivity contribution in [1.29, 1.82) is 0 Å². The van der Waals surface area contributed by atoms with Gasteiger partial charge >= 0.3 is 0 Å². The number of hydrogen-bond acceptors (Lipinski definition) is 7. The third kappa shape index (κ3) is 4.55. The highest BCUT2D eigenvalue weighted by atomic mass is 32.1. The minimum absolute atomic E-state index is 0.0873. The highest BCUT2D eigenvalue weighted by molar-refractivity contribution is 7.15. The van der Waals surface area contributed by atoms with Crippen LogP contribution in [-0.2, 0) is 9.59 Å². The maximum absolute atomic E-state index is 12.6. The lowest BCUT2D eigenvalue weighted by atomic mass is 9.96. The number of carbonyl (C=O) groups excluding carboxylic acids is 2. The number of primary amides is 1. The molecule has 0 aliphatic carbocycles. The fourth-order valence-electron chi connectivity index (χ4n) is 3.08. The second-order valence-corrected chi connectivity index (χ2v) is 7.38. The van der Waals surface area contributed by atoms with Crippen LogP contribution in [0.1, 0.15) is 29.5 Å². The van der Waals surface area contributed by atoms with Crippen molar-refractivity contribution in [3.8, 4) is 0 Å². The van der Waals surface area contributed by atoms with Crippen molar-refractivity contribution in [2.45, 2.75) is 18.9 Å². The van der Waals surface area contributed by atoms with Crippen molar-refractivity contribution in [1.82, 2.24) is 20.4 Å². The van der Waals surface area contributed by atoms with Gasteiger partial charge in [-0.2, -0.15) is 0 Å². The number of benzene rings is 1. The molecule has 3 rings (SSSR count). The average molecular weight is 374 g/mol. The maximum atomic E-state index is 12.6. The number of aromatic nitrogens is 2. The van der Waals surface area contributed by atoms with Gasteiger partial charge in [0, 0.05) is 5.92 Å². The van der Waals surface area contributed by atoms with Gasteiger partial charge in [0.25, 0.3) is 0 Å². The van der Waals surface area contributed by atoms with Gasteiger partial charge < -0.3 is 16.8 Å². The van der Waals surface area contributed by atoms with Crippen LogP contribution in [0.4, 0.5) is 5.13 Å². The normalized spacial score (nSPS) is 16.9. The van der Waals surface area contributed by atoms with Crippen molar-refractivity contribution in [3.63, 3.8) is 0 Å². The van der Waals surface area contributed by atoms with Gasteiger partial charge in [-0.3, -0.25) is 14.5 Å². The number of amides is 2. The second-order valence-electron chi connectivity index (χ2n) is 6.34. The summed E-state index contributed by atoms with van der Waals surface area (Å²) in [4.78, 5) is 25.9. The molecular formula is C17H22N6O2S. The van der Waals surface area contributed by atoms with Crippen LogP contribution in [0.5, 0.6) is 0 Å². The Bertz CT molecular complexity index is 758. The van der Waals surface area contributed by atoms with E-state index < -0.39 is 0 Å². The molecule has 9 heteroatoms. The van der Waals surface area contributed by atoms with E-state index in [1.807, 2.05) is 35.2 Å². The van der Waals surface area contributed by atoms with Gasteiger partial charge in [0.2, 0.25) is 16.9 Å². The molecule has 1 aliphatic rings. The number of nitrogens with one attached hydrogen (secondary N) is 1. The first kappa shape index (κ1) is 18.3. The van der Waals surface area contributed by atoms with Crippen LogP contribution in [0.3, 0.4) is 0 Å². The summed E-state index contributed by atoms with van der Waals surface area (Å²) in [6.07, 6.45) is 1.38. The van der Waals surface area contributed by atoms with Gasteiger partial charge in [-0.15, -0.1) is 10.2 Å². The quantitative estimate of drug-likeness (QED) is 0.676. The fourth-order valence-corrected chi connectivity index (χ4v) is 3.77. The molecule has 26 heavy (non-hydrogen) atoms. The number of nitrogens with two attached hydrogens (primary N) is 2. The molecule has 0 saturated carbocycles. The summed E-state index contributed by atoms with van der Waals surface area (Å²) >= 11 is 1.26. The van der Waals surface area contributed by atoms with Crippen molar-refractivity contribution in [2.24, 2.45) is 11.7 Å². The fraction of sp³-hybridized carbons (Fsp3) is 0.412. The summed E-state index contributed by atoms with van der Waals surface area (Å²) in [7, 11) is 0. The van der Waals surface area contributed by atoms with Crippen LogP contribution in [0, 0.1) is 5.92 Å². The topological polar surface area (TPSA) is 127 Å². The number of piperidine rings is 1. The van der Waals surface area contributed by atoms with Crippen LogP contribution in [0.25, 0.3) is 0 Å². The molecule has 1 aromatic carbocycles. The SMILES string of the molecule is NC(=O)C1CCN(CC(=O)N[C@H](c2ccccc2)c2nnc(N)s2)CC1. The van der Waals surface area contributed by atoms with E-state index >= 15 is 0 Å². The number of likely N-dealkylation sites (tertiary alicyclic amines) is 1. The number of carbonyl (C=O) groups is 2. The minimum Gasteiger partial charge on any atom is -0.374 e. The second kappa shape index (κ2) is 8.24. The van der Waals surface area contributed by atoms with Crippen LogP contribution < -0.4 is 16.8 Å². The van der Waals surface area contributed by atoms with Crippen LogP contribution in [0.2, 0.25) is 0 Å². The van der Waals surface area contributed by atoms with Crippen molar-refractivity contribution < 1.29 is 9.59 Å². The Morgan fingerprint density at radius 2 is 1.92 bits per heavy atom. The van der Waals surface area contributed by atoms with Crippen molar-refractivity contribution >= 4 is 28.3 Å². The third-order valence-corrected chi connectivity index (χ3v) is 5.32. The number of anilines is 1. The summed E-state index contributed by atoms with van der Waals surface area (Å²) in [5.74, 6) is -0.451. The van der Waals surface area contributed by atoms with Gasteiger partial charge in [0.1, 0.15) is 11.0 Å². The Labute approximate surface area is 155 Å². The maximum Gasteiger partial charge on any atom is 0.235 e. The molecule has 0 radical (unpaired) electrons. The van der Waals surface area contributed by atoms with Crippen molar-refractivity contribution in [2.75, 3.05) is 25.4 Å². The molecule has 0 unspecified atom stereocenters. The summed E-state index contributed by atoms with van der Waals surface area (Å²) in [5, 5.41) is 12.0. The first-order chi connectivity index (χ1) is 12.5. The van der Waals surface area contributed by atoms with Gasteiger partial charge in [-0.25, -0.2) is 0 Å². The predicted molar refractivity (Wildman–Crippen MR) is 99.1 cm³/mol. The van der Waals surface area contributed by atoms with Crippen LogP contribution in [-0.4, -0.2) is 46.5 Å². The summed E-state index contributed by atoms with van der Waals surface area (Å²) in [6.45, 7) is 1.63. The zero-order chi connectivity index (χ0) is 18.5. The zero-order valence-electron chi connectivity index (χ0n) is 14.3. The molecule has 0 bridgehead atoms. The molecule has 1 aromatic heterocycles. The molecule has 138 valence electrons. The first-order valence-electron chi connectivity index (χ1n) is 8.48. The van der Waals surface area contributed by atoms with Crippen LogP contribution in [0.15, 0.2) is 30.3 Å². The van der Waals surface area contributed by atoms with Gasteiger partial charge in [0.15, 0.2) is 0 Å². The number of rotatable bonds is 6. The molecule has 0 spiro atoms. The predicted octanol–water partition coefficient (Wildman–Crippen LogP) is 0.523. The highest BCUT2D eigenvalue weighted by Gasteiger charge is 2.26. The Morgan fingerprint density at radius 3 is 2.50 bits per heavy atom. The van der Waals surface area contributed by atoms with E-state index in [9.17, 15) is 9.59 Å². The molecule has 2 aromatic rings. The average Bonchev–Trinajstić information content (AvgIpc) is 3.07. The molecule has 1 saturated heterocycles. The molecule has 2 heterocycles. The largest absolute Gasteiger partial charge is 0.374 e. The molecule has 8 nitrogen and oxygen atoms in total. The molecule has 1 atom stereocenters. The minimum atomic E-state index is -0.387. The van der Waals surface area contributed by atoms with E-state index in [-0.39, 0.29) is 30.3 Å². The van der Waals surface area contributed by atoms with E-state index in [1.165, 1.54) is 11.3 Å². The summed E-state index contributed by atoms with van der Waals surface area (Å²) in [5.41, 5.74) is 12.0. The Hall–Kier alpha value is -2.52. The molecular weight excluding hydrogens is 352 g/mol. The monoisotopic (exact) mass is 374 g/mol. The lowest BCUT2D eigenvalue weighted by molar-refractivity contribution is -0.124. The van der Waals surface area contributed by atoms with Gasteiger partial charge in [-0.1, -0.05) is 41.7 Å². The van der Waals surface area contributed by atoms with E-state index in [1.54, 1.807) is 0 Å². The van der Waals surface area contributed by atoms with Gasteiger partial charge in [0.05, 0.1) is 6.54 Å². The summed E-state index contributed by atoms with van der Waals surface area (Å²) < 4.78 is 0. The highest BCUT2D eigenvalue weighted by Crippen LogP contribution is 2.26. The van der Waals surface area contributed by atoms with E-state index in [0.717, 1.165) is 5.56 Å². The van der Waals surface area contributed by atoms with E-state index in [0.29, 0.717) is 36.1 Å². The Balaban J connectivity index is 1.64. The molecule has 5 N–H and O–H groups in total. The standard InChI is InChI=1S/C17H22N6O2S/c18-15(25)12-6-8-23(9-7-12)10-13(24)20-14(11-4-2-1-3-5-11)16-21-22-17(19)26-16/h1-5,12,14H,6-10H2,(H2,18,25)(H2,19,22)(H,20,24)/t14-/m1/s1. The Morgan fingerprint density at radius 1 is 1.23 bits per heavy atom. The zero-order valence-corrected chi connectivity index (χ0v) is 15.1. The smallest absolute Gasteiger partial charge is 0.235 e. The first-order valence-corrected chi connectivity index (χ1v) is 9.29. The van der Waals surface area contributed by atoms with E-state index in [2.05, 4.69) is 15.5 Å². The lowest BCUT2D eigenvalue weighted by Crippen LogP contribution is -2.44. The third-order valence-electron chi connectivity index (χ3n) is 4.50. The molecule has 1 aliphatic heterocycles. The van der Waals surface area contributed by atoms with Crippen LogP contribution >= 0.6 is 11.3 Å². The number of hydrogen-bond donors (Lipinski definition) is 3. The molecule has 2 amide bonds. The molecule has 1 fully saturated rings. The summed E-state index contributed by atoms with van der Waals surface area (Å²) in [6, 6.07) is 9.21. The van der Waals surface area contributed by atoms with Crippen molar-refractivity contribution in [3.05, 3.63) is 40.9 Å².